The van der Waals surface area contributed by atoms with Crippen molar-refractivity contribution in [1.29, 1.82) is 0 Å². The summed E-state index contributed by atoms with van der Waals surface area (Å²) >= 11 is 0. The van der Waals surface area contributed by atoms with Crippen LogP contribution >= 0.6 is 0 Å². The summed E-state index contributed by atoms with van der Waals surface area (Å²) in [6.07, 6.45) is -0.636. The first kappa shape index (κ1) is 11.4. The van der Waals surface area contributed by atoms with Gasteiger partial charge in [0.1, 0.15) is 11.5 Å². The van der Waals surface area contributed by atoms with Crippen LogP contribution in [0, 0.1) is 0 Å². The van der Waals surface area contributed by atoms with Crippen LogP contribution in [0.15, 0.2) is 12.1 Å². The molecule has 1 aromatic rings. The maximum Gasteiger partial charge on any atom is 0.307 e. The molecule has 0 saturated carbocycles. The number of fused-ring (bicyclic) bond motifs is 1. The van der Waals surface area contributed by atoms with E-state index in [9.17, 15) is 14.7 Å². The summed E-state index contributed by atoms with van der Waals surface area (Å²) in [5.74, 6) is -0.756. The highest BCUT2D eigenvalue weighted by Gasteiger charge is 2.27. The summed E-state index contributed by atoms with van der Waals surface area (Å²) in [6.45, 7) is 1.63. The zero-order valence-electron chi connectivity index (χ0n) is 9.27. The van der Waals surface area contributed by atoms with E-state index in [1.807, 2.05) is 0 Å². The van der Waals surface area contributed by atoms with E-state index < -0.39 is 12.1 Å². The highest BCUT2D eigenvalue weighted by Crippen LogP contribution is 2.33. The standard InChI is InChI=1S/C12H12O5/c1-6-10(14)5-9-7(3-12(15)16)2-8(13)4-11(9)17-6/h2,4,6,13H,3,5H2,1H3,(H,15,16). The molecular formula is C12H12O5. The van der Waals surface area contributed by atoms with Crippen LogP contribution in [0.4, 0.5) is 0 Å². The second-order valence-electron chi connectivity index (χ2n) is 4.06. The largest absolute Gasteiger partial charge is 0.508 e. The van der Waals surface area contributed by atoms with Gasteiger partial charge in [-0.05, 0) is 18.6 Å². The quantitative estimate of drug-likeness (QED) is 0.797. The van der Waals surface area contributed by atoms with Gasteiger partial charge in [-0.1, -0.05) is 0 Å². The molecule has 2 N–H and O–H groups in total. The predicted octanol–water partition coefficient (Wildman–Crippen LogP) is 0.912. The van der Waals surface area contributed by atoms with Crippen molar-refractivity contribution >= 4 is 11.8 Å². The van der Waals surface area contributed by atoms with Crippen molar-refractivity contribution in [3.8, 4) is 11.5 Å². The van der Waals surface area contributed by atoms with Gasteiger partial charge in [0.2, 0.25) is 0 Å². The van der Waals surface area contributed by atoms with E-state index in [1.165, 1.54) is 12.1 Å². The molecular weight excluding hydrogens is 224 g/mol. The van der Waals surface area contributed by atoms with E-state index in [2.05, 4.69) is 0 Å². The topological polar surface area (TPSA) is 83.8 Å². The SMILES string of the molecule is CC1Oc2cc(O)cc(CC(=O)O)c2CC1=O. The Kier molecular flexibility index (Phi) is 2.75. The van der Waals surface area contributed by atoms with E-state index in [-0.39, 0.29) is 24.4 Å². The number of phenolic OH excluding ortho intramolecular Hbond substituents is 1. The summed E-state index contributed by atoms with van der Waals surface area (Å²) in [5, 5.41) is 18.2. The number of benzene rings is 1. The molecule has 1 atom stereocenters. The average molecular weight is 236 g/mol. The Hall–Kier alpha value is -2.04. The monoisotopic (exact) mass is 236 g/mol. The third kappa shape index (κ3) is 2.22. The number of hydrogen-bond donors (Lipinski definition) is 2. The van der Waals surface area contributed by atoms with Crippen LogP contribution in [0.25, 0.3) is 0 Å². The van der Waals surface area contributed by atoms with Gasteiger partial charge < -0.3 is 14.9 Å². The number of ketones is 1. The Balaban J connectivity index is 2.47. The van der Waals surface area contributed by atoms with Gasteiger partial charge in [0.05, 0.1) is 6.42 Å². The van der Waals surface area contributed by atoms with E-state index >= 15 is 0 Å². The molecule has 0 saturated heterocycles. The van der Waals surface area contributed by atoms with Crippen molar-refractivity contribution in [2.24, 2.45) is 0 Å². The van der Waals surface area contributed by atoms with Gasteiger partial charge in [0.15, 0.2) is 11.9 Å². The average Bonchev–Trinajstić information content (AvgIpc) is 2.20. The highest BCUT2D eigenvalue weighted by molar-refractivity contribution is 5.88. The van der Waals surface area contributed by atoms with E-state index in [0.717, 1.165) is 0 Å². The molecule has 0 spiro atoms. The maximum atomic E-state index is 11.5. The Morgan fingerprint density at radius 1 is 1.53 bits per heavy atom. The molecule has 2 rings (SSSR count). The number of hydrogen-bond acceptors (Lipinski definition) is 4. The first-order valence-corrected chi connectivity index (χ1v) is 5.23. The lowest BCUT2D eigenvalue weighted by Crippen LogP contribution is -2.31. The van der Waals surface area contributed by atoms with Crippen molar-refractivity contribution in [2.75, 3.05) is 0 Å². The zero-order chi connectivity index (χ0) is 12.6. The van der Waals surface area contributed by atoms with Crippen LogP contribution in [-0.2, 0) is 22.4 Å². The number of phenols is 1. The van der Waals surface area contributed by atoms with Gasteiger partial charge in [0, 0.05) is 18.1 Å². The minimum atomic E-state index is -1.01. The molecule has 0 aromatic heterocycles. The first-order chi connectivity index (χ1) is 7.97. The van der Waals surface area contributed by atoms with Crippen LogP contribution < -0.4 is 4.74 Å². The summed E-state index contributed by atoms with van der Waals surface area (Å²) in [5.41, 5.74) is 0.987. The normalized spacial score (nSPS) is 18.4. The van der Waals surface area contributed by atoms with Crippen LogP contribution in [-0.4, -0.2) is 28.1 Å². The second-order valence-corrected chi connectivity index (χ2v) is 4.06. The Morgan fingerprint density at radius 2 is 2.24 bits per heavy atom. The fourth-order valence-electron chi connectivity index (χ4n) is 1.89. The summed E-state index contributed by atoms with van der Waals surface area (Å²) in [7, 11) is 0. The molecule has 0 radical (unpaired) electrons. The molecule has 90 valence electrons. The third-order valence-electron chi connectivity index (χ3n) is 2.74. The molecule has 1 aliphatic heterocycles. The van der Waals surface area contributed by atoms with Crippen LogP contribution in [0.2, 0.25) is 0 Å². The summed E-state index contributed by atoms with van der Waals surface area (Å²) in [6, 6.07) is 2.77. The summed E-state index contributed by atoms with van der Waals surface area (Å²) in [4.78, 5) is 22.2. The van der Waals surface area contributed by atoms with E-state index in [4.69, 9.17) is 9.84 Å². The second kappa shape index (κ2) is 4.08. The molecule has 0 fully saturated rings. The number of carbonyl (C=O) groups is 2. The maximum absolute atomic E-state index is 11.5. The zero-order valence-corrected chi connectivity index (χ0v) is 9.27. The molecule has 1 heterocycles. The van der Waals surface area contributed by atoms with E-state index in [1.54, 1.807) is 6.92 Å². The predicted molar refractivity (Wildman–Crippen MR) is 58.2 cm³/mol. The van der Waals surface area contributed by atoms with Gasteiger partial charge in [-0.3, -0.25) is 9.59 Å². The van der Waals surface area contributed by atoms with Crippen molar-refractivity contribution in [3.63, 3.8) is 0 Å². The fourth-order valence-corrected chi connectivity index (χ4v) is 1.89. The molecule has 17 heavy (non-hydrogen) atoms. The molecule has 1 unspecified atom stereocenters. The third-order valence-corrected chi connectivity index (χ3v) is 2.74. The van der Waals surface area contributed by atoms with Crippen LogP contribution in [0.5, 0.6) is 11.5 Å². The number of ether oxygens (including phenoxy) is 1. The first-order valence-electron chi connectivity index (χ1n) is 5.23. The number of carbonyl (C=O) groups excluding carboxylic acids is 1. The lowest BCUT2D eigenvalue weighted by atomic mass is 9.94. The summed E-state index contributed by atoms with van der Waals surface area (Å²) < 4.78 is 5.34. The van der Waals surface area contributed by atoms with Crippen molar-refractivity contribution in [3.05, 3.63) is 23.3 Å². The fraction of sp³-hybridized carbons (Fsp3) is 0.333. The van der Waals surface area contributed by atoms with E-state index in [0.29, 0.717) is 16.9 Å². The molecule has 0 bridgehead atoms. The molecule has 0 aliphatic carbocycles. The number of carboxylic acid groups (broad SMARTS) is 1. The number of rotatable bonds is 2. The number of Topliss-reactive ketones (excluding diaryl/α,β-unsaturated/α-hetero) is 1. The number of aromatic hydroxyl groups is 1. The van der Waals surface area contributed by atoms with Crippen LogP contribution in [0.1, 0.15) is 18.1 Å². The minimum absolute atomic E-state index is 0.0541. The van der Waals surface area contributed by atoms with Crippen molar-refractivity contribution in [1.82, 2.24) is 0 Å². The van der Waals surface area contributed by atoms with Gasteiger partial charge >= 0.3 is 5.97 Å². The Bertz CT molecular complexity index is 492. The lowest BCUT2D eigenvalue weighted by molar-refractivity contribution is -0.136. The van der Waals surface area contributed by atoms with Gasteiger partial charge in [-0.25, -0.2) is 0 Å². The van der Waals surface area contributed by atoms with Gasteiger partial charge in [-0.2, -0.15) is 0 Å². The number of aliphatic carboxylic acids is 1. The van der Waals surface area contributed by atoms with Gasteiger partial charge in [0.25, 0.3) is 0 Å². The molecule has 5 heteroatoms. The number of carboxylic acids is 1. The smallest absolute Gasteiger partial charge is 0.307 e. The molecule has 5 nitrogen and oxygen atoms in total. The lowest BCUT2D eigenvalue weighted by Gasteiger charge is -2.24. The Labute approximate surface area is 97.6 Å². The molecule has 1 aliphatic rings. The molecule has 0 amide bonds. The highest BCUT2D eigenvalue weighted by atomic mass is 16.5. The van der Waals surface area contributed by atoms with Crippen molar-refractivity contribution in [2.45, 2.75) is 25.9 Å². The molecule has 1 aromatic carbocycles. The van der Waals surface area contributed by atoms with Crippen molar-refractivity contribution < 1.29 is 24.5 Å². The minimum Gasteiger partial charge on any atom is -0.508 e. The van der Waals surface area contributed by atoms with Gasteiger partial charge in [-0.15, -0.1) is 0 Å². The van der Waals surface area contributed by atoms with Crippen LogP contribution in [0.3, 0.4) is 0 Å². The Morgan fingerprint density at radius 3 is 2.88 bits per heavy atom.